The Morgan fingerprint density at radius 1 is 0.850 bits per heavy atom. The SMILES string of the molecule is NC(=O)NN=C(Nc1ccccc1)Nc1ccccc1. The highest BCUT2D eigenvalue weighted by molar-refractivity contribution is 6.03. The van der Waals surface area contributed by atoms with Crippen LogP contribution in [-0.2, 0) is 0 Å². The van der Waals surface area contributed by atoms with Crippen LogP contribution in [0.2, 0.25) is 0 Å². The van der Waals surface area contributed by atoms with Gasteiger partial charge in [0.2, 0.25) is 5.96 Å². The van der Waals surface area contributed by atoms with Crippen molar-refractivity contribution in [1.29, 1.82) is 0 Å². The number of nitrogens with two attached hydrogens (primary N) is 1. The third-order valence-electron chi connectivity index (χ3n) is 2.35. The van der Waals surface area contributed by atoms with Gasteiger partial charge in [0.15, 0.2) is 0 Å². The molecule has 0 atom stereocenters. The van der Waals surface area contributed by atoms with Gasteiger partial charge in [-0.3, -0.25) is 0 Å². The molecule has 0 aliphatic rings. The third kappa shape index (κ3) is 4.34. The van der Waals surface area contributed by atoms with Crippen molar-refractivity contribution in [2.24, 2.45) is 10.8 Å². The zero-order chi connectivity index (χ0) is 14.2. The molecule has 0 heterocycles. The Balaban J connectivity index is 2.12. The van der Waals surface area contributed by atoms with Crippen molar-refractivity contribution < 1.29 is 4.79 Å². The number of para-hydroxylation sites is 2. The largest absolute Gasteiger partial charge is 0.350 e. The second-order valence-corrected chi connectivity index (χ2v) is 3.92. The average molecular weight is 269 g/mol. The minimum absolute atomic E-state index is 0.362. The average Bonchev–Trinajstić information content (AvgIpc) is 2.47. The number of carbonyl (C=O) groups is 1. The van der Waals surface area contributed by atoms with Gasteiger partial charge in [-0.2, -0.15) is 0 Å². The molecule has 0 saturated carbocycles. The number of carbonyl (C=O) groups excluding carboxylic acids is 1. The van der Waals surface area contributed by atoms with E-state index < -0.39 is 6.03 Å². The van der Waals surface area contributed by atoms with Gasteiger partial charge < -0.3 is 16.4 Å². The molecule has 102 valence electrons. The van der Waals surface area contributed by atoms with Gasteiger partial charge in [-0.25, -0.2) is 10.2 Å². The van der Waals surface area contributed by atoms with Gasteiger partial charge in [-0.15, -0.1) is 5.10 Å². The molecule has 0 unspecified atom stereocenters. The second-order valence-electron chi connectivity index (χ2n) is 3.92. The second kappa shape index (κ2) is 6.79. The van der Waals surface area contributed by atoms with Crippen LogP contribution in [0, 0.1) is 0 Å². The summed E-state index contributed by atoms with van der Waals surface area (Å²) in [4.78, 5) is 10.8. The van der Waals surface area contributed by atoms with E-state index in [1.165, 1.54) is 0 Å². The number of guanidine groups is 1. The number of primary amides is 1. The zero-order valence-corrected chi connectivity index (χ0v) is 10.7. The van der Waals surface area contributed by atoms with E-state index in [2.05, 4.69) is 21.2 Å². The Kier molecular flexibility index (Phi) is 4.55. The molecule has 2 rings (SSSR count). The van der Waals surface area contributed by atoms with Crippen LogP contribution in [-0.4, -0.2) is 12.0 Å². The third-order valence-corrected chi connectivity index (χ3v) is 2.35. The summed E-state index contributed by atoms with van der Waals surface area (Å²) < 4.78 is 0. The van der Waals surface area contributed by atoms with Crippen LogP contribution in [0.4, 0.5) is 16.2 Å². The number of benzene rings is 2. The number of hydrogen-bond acceptors (Lipinski definition) is 2. The summed E-state index contributed by atoms with van der Waals surface area (Å²) in [6, 6.07) is 18.2. The lowest BCUT2D eigenvalue weighted by molar-refractivity contribution is 0.249. The fourth-order valence-corrected chi connectivity index (χ4v) is 1.51. The molecule has 2 aromatic carbocycles. The molecule has 0 fully saturated rings. The number of urea groups is 1. The van der Waals surface area contributed by atoms with E-state index in [0.29, 0.717) is 5.96 Å². The summed E-state index contributed by atoms with van der Waals surface area (Å²) in [6.45, 7) is 0. The summed E-state index contributed by atoms with van der Waals surface area (Å²) in [5.41, 5.74) is 8.87. The highest BCUT2D eigenvalue weighted by atomic mass is 16.2. The van der Waals surface area contributed by atoms with Crippen LogP contribution in [0.15, 0.2) is 65.8 Å². The minimum Gasteiger partial charge on any atom is -0.350 e. The molecule has 0 radical (unpaired) electrons. The van der Waals surface area contributed by atoms with Crippen LogP contribution < -0.4 is 21.8 Å². The van der Waals surface area contributed by atoms with Crippen molar-refractivity contribution in [2.75, 3.05) is 10.6 Å². The van der Waals surface area contributed by atoms with E-state index >= 15 is 0 Å². The Labute approximate surface area is 116 Å². The molecule has 6 nitrogen and oxygen atoms in total. The van der Waals surface area contributed by atoms with Crippen molar-refractivity contribution >= 4 is 23.4 Å². The van der Waals surface area contributed by atoms with Gasteiger partial charge >= 0.3 is 6.03 Å². The number of hydrazone groups is 1. The van der Waals surface area contributed by atoms with Crippen LogP contribution in [0.1, 0.15) is 0 Å². The number of nitrogens with one attached hydrogen (secondary N) is 3. The van der Waals surface area contributed by atoms with Crippen molar-refractivity contribution in [1.82, 2.24) is 5.43 Å². The quantitative estimate of drug-likeness (QED) is 0.391. The van der Waals surface area contributed by atoms with E-state index in [1.807, 2.05) is 60.7 Å². The van der Waals surface area contributed by atoms with Gasteiger partial charge in [0.25, 0.3) is 0 Å². The van der Waals surface area contributed by atoms with E-state index in [1.54, 1.807) is 0 Å². The number of rotatable bonds is 3. The first-order valence-corrected chi connectivity index (χ1v) is 6.01. The summed E-state index contributed by atoms with van der Waals surface area (Å²) in [7, 11) is 0. The number of amides is 2. The monoisotopic (exact) mass is 269 g/mol. The van der Waals surface area contributed by atoms with Gasteiger partial charge in [0.1, 0.15) is 0 Å². The molecule has 2 aromatic rings. The first kappa shape index (κ1) is 13.4. The molecular weight excluding hydrogens is 254 g/mol. The summed E-state index contributed by atoms with van der Waals surface area (Å²) in [6.07, 6.45) is 0. The molecule has 6 heteroatoms. The first-order chi connectivity index (χ1) is 9.74. The normalized spacial score (nSPS) is 9.40. The standard InChI is InChI=1S/C14H15N5O/c15-13(20)18-19-14(16-11-7-3-1-4-8-11)17-12-9-5-2-6-10-12/h1-10H,(H3,15,18,20)(H2,16,17,19). The Morgan fingerprint density at radius 3 is 1.70 bits per heavy atom. The number of anilines is 2. The van der Waals surface area contributed by atoms with E-state index in [9.17, 15) is 4.79 Å². The van der Waals surface area contributed by atoms with Gasteiger partial charge in [0, 0.05) is 11.4 Å². The molecular formula is C14H15N5O. The molecule has 0 bridgehead atoms. The minimum atomic E-state index is -0.729. The Hall–Kier alpha value is -3.02. The Morgan fingerprint density at radius 2 is 1.30 bits per heavy atom. The molecule has 2 amide bonds. The van der Waals surface area contributed by atoms with Crippen LogP contribution in [0.5, 0.6) is 0 Å². The highest BCUT2D eigenvalue weighted by Gasteiger charge is 2.01. The Bertz CT molecular complexity index is 540. The predicted molar refractivity (Wildman–Crippen MR) is 80.3 cm³/mol. The van der Waals surface area contributed by atoms with E-state index in [4.69, 9.17) is 5.73 Å². The summed E-state index contributed by atoms with van der Waals surface area (Å²) in [5, 5.41) is 9.99. The van der Waals surface area contributed by atoms with Crippen molar-refractivity contribution in [3.05, 3.63) is 60.7 Å². The highest BCUT2D eigenvalue weighted by Crippen LogP contribution is 2.08. The fourth-order valence-electron chi connectivity index (χ4n) is 1.51. The molecule has 0 aliphatic heterocycles. The predicted octanol–water partition coefficient (Wildman–Crippen LogP) is 2.15. The maximum Gasteiger partial charge on any atom is 0.332 e. The summed E-state index contributed by atoms with van der Waals surface area (Å²) >= 11 is 0. The van der Waals surface area contributed by atoms with Gasteiger partial charge in [-0.05, 0) is 24.3 Å². The van der Waals surface area contributed by atoms with Crippen molar-refractivity contribution in [3.63, 3.8) is 0 Å². The van der Waals surface area contributed by atoms with Gasteiger partial charge in [0.05, 0.1) is 0 Å². The number of nitrogens with zero attached hydrogens (tertiary/aromatic N) is 1. The van der Waals surface area contributed by atoms with Crippen LogP contribution >= 0.6 is 0 Å². The lowest BCUT2D eigenvalue weighted by Gasteiger charge is -2.12. The maximum atomic E-state index is 10.8. The topological polar surface area (TPSA) is 91.5 Å². The van der Waals surface area contributed by atoms with Crippen LogP contribution in [0.3, 0.4) is 0 Å². The lowest BCUT2D eigenvalue weighted by atomic mass is 10.3. The molecule has 0 aromatic heterocycles. The molecule has 0 spiro atoms. The summed E-state index contributed by atoms with van der Waals surface area (Å²) in [5.74, 6) is 0.362. The first-order valence-electron chi connectivity index (χ1n) is 6.01. The van der Waals surface area contributed by atoms with E-state index in [0.717, 1.165) is 11.4 Å². The molecule has 0 saturated heterocycles. The molecule has 5 N–H and O–H groups in total. The maximum absolute atomic E-state index is 10.8. The van der Waals surface area contributed by atoms with E-state index in [-0.39, 0.29) is 0 Å². The fraction of sp³-hybridized carbons (Fsp3) is 0. The van der Waals surface area contributed by atoms with Crippen molar-refractivity contribution in [3.8, 4) is 0 Å². The van der Waals surface area contributed by atoms with Gasteiger partial charge in [-0.1, -0.05) is 36.4 Å². The van der Waals surface area contributed by atoms with Crippen LogP contribution in [0.25, 0.3) is 0 Å². The smallest absolute Gasteiger partial charge is 0.332 e. The van der Waals surface area contributed by atoms with Crippen molar-refractivity contribution in [2.45, 2.75) is 0 Å². The number of hydrogen-bond donors (Lipinski definition) is 4. The zero-order valence-electron chi connectivity index (χ0n) is 10.7. The lowest BCUT2D eigenvalue weighted by Crippen LogP contribution is -2.30. The molecule has 0 aliphatic carbocycles. The molecule has 20 heavy (non-hydrogen) atoms.